The number of halogens is 2. The van der Waals surface area contributed by atoms with Crippen LogP contribution in [0.3, 0.4) is 0 Å². The van der Waals surface area contributed by atoms with Crippen LogP contribution in [-0.4, -0.2) is 44.3 Å². The molecule has 0 saturated carbocycles. The summed E-state index contributed by atoms with van der Waals surface area (Å²) in [7, 11) is -3.71. The maximum atomic E-state index is 13.6. The number of anilines is 1. The summed E-state index contributed by atoms with van der Waals surface area (Å²) in [6.07, 6.45) is 1.56. The molecule has 4 rings (SSSR count). The zero-order valence-corrected chi connectivity index (χ0v) is 23.7. The number of hydrogen-bond acceptors (Lipinski definition) is 4. The summed E-state index contributed by atoms with van der Waals surface area (Å²) in [5.41, 5.74) is 1.30. The average Bonchev–Trinajstić information content (AvgIpc) is 3.11. The topological polar surface area (TPSA) is 86.8 Å². The van der Waals surface area contributed by atoms with Crippen molar-refractivity contribution >= 4 is 61.5 Å². The summed E-state index contributed by atoms with van der Waals surface area (Å²) in [5, 5.41) is 5.34. The standard InChI is InChI=1S/C28H31Cl2N3O4S/c1-3-15-31-28(35)23(4-2)32(18-20-13-14-21(29)17-22(20)30)26(34)12-7-16-33-24-10-5-8-19-9-6-11-25(27(19)24)38(33,36)37/h5-6,8-11,13-14,17,23H,3-4,7,12,15-16,18H2,1-2H3,(H,31,35)/t23-/m1/s1. The Morgan fingerprint density at radius 2 is 1.79 bits per heavy atom. The van der Waals surface area contributed by atoms with Crippen molar-refractivity contribution in [1.82, 2.24) is 10.2 Å². The van der Waals surface area contributed by atoms with Crippen molar-refractivity contribution in [3.63, 3.8) is 0 Å². The van der Waals surface area contributed by atoms with Gasteiger partial charge in [-0.25, -0.2) is 8.42 Å². The van der Waals surface area contributed by atoms with Crippen molar-refractivity contribution in [2.45, 2.75) is 57.0 Å². The Morgan fingerprint density at radius 3 is 2.47 bits per heavy atom. The van der Waals surface area contributed by atoms with Crippen molar-refractivity contribution in [2.24, 2.45) is 0 Å². The first-order chi connectivity index (χ1) is 18.2. The second kappa shape index (κ2) is 11.9. The van der Waals surface area contributed by atoms with Crippen molar-refractivity contribution in [2.75, 3.05) is 17.4 Å². The number of rotatable bonds is 11. The van der Waals surface area contributed by atoms with Crippen LogP contribution in [0.15, 0.2) is 59.5 Å². The van der Waals surface area contributed by atoms with Gasteiger partial charge in [0.05, 0.1) is 10.6 Å². The number of amides is 2. The smallest absolute Gasteiger partial charge is 0.265 e. The van der Waals surface area contributed by atoms with Gasteiger partial charge >= 0.3 is 0 Å². The van der Waals surface area contributed by atoms with Gasteiger partial charge in [-0.15, -0.1) is 0 Å². The lowest BCUT2D eigenvalue weighted by atomic mass is 10.1. The molecule has 0 unspecified atom stereocenters. The van der Waals surface area contributed by atoms with E-state index in [4.69, 9.17) is 23.2 Å². The number of carbonyl (C=O) groups is 2. The molecule has 1 aliphatic rings. The van der Waals surface area contributed by atoms with E-state index in [1.165, 1.54) is 9.21 Å². The van der Waals surface area contributed by atoms with E-state index in [0.29, 0.717) is 46.1 Å². The van der Waals surface area contributed by atoms with Crippen LogP contribution in [0.25, 0.3) is 10.8 Å². The molecule has 1 heterocycles. The number of sulfonamides is 1. The number of hydrogen-bond donors (Lipinski definition) is 1. The Morgan fingerprint density at radius 1 is 1.05 bits per heavy atom. The molecule has 0 saturated heterocycles. The zero-order valence-electron chi connectivity index (χ0n) is 21.4. The summed E-state index contributed by atoms with van der Waals surface area (Å²) in [6.45, 7) is 4.62. The molecule has 0 spiro atoms. The lowest BCUT2D eigenvalue weighted by Gasteiger charge is -2.31. The van der Waals surface area contributed by atoms with E-state index in [1.807, 2.05) is 32.0 Å². The summed E-state index contributed by atoms with van der Waals surface area (Å²) >= 11 is 12.4. The molecule has 38 heavy (non-hydrogen) atoms. The molecule has 0 radical (unpaired) electrons. The quantitative estimate of drug-likeness (QED) is 0.314. The molecule has 0 bridgehead atoms. The average molecular weight is 577 g/mol. The minimum atomic E-state index is -3.71. The second-order valence-corrected chi connectivity index (χ2v) is 12.0. The molecule has 1 atom stereocenters. The second-order valence-electron chi connectivity index (χ2n) is 9.28. The van der Waals surface area contributed by atoms with E-state index in [2.05, 4.69) is 5.32 Å². The Labute approximate surface area is 233 Å². The van der Waals surface area contributed by atoms with Gasteiger partial charge in [-0.05, 0) is 54.5 Å². The largest absolute Gasteiger partial charge is 0.354 e. The SMILES string of the molecule is CCCNC(=O)[C@@H](CC)N(Cc1ccc(Cl)cc1Cl)C(=O)CCCN1c2cccc3cccc(c23)S1(=O)=O. The fraction of sp³-hybridized carbons (Fsp3) is 0.357. The van der Waals surface area contributed by atoms with E-state index >= 15 is 0 Å². The van der Waals surface area contributed by atoms with Gasteiger partial charge in [0.2, 0.25) is 11.8 Å². The highest BCUT2D eigenvalue weighted by atomic mass is 35.5. The summed E-state index contributed by atoms with van der Waals surface area (Å²) in [4.78, 5) is 28.3. The molecule has 0 aromatic heterocycles. The lowest BCUT2D eigenvalue weighted by Crippen LogP contribution is -2.49. The molecular weight excluding hydrogens is 545 g/mol. The van der Waals surface area contributed by atoms with Crippen LogP contribution in [0, 0.1) is 0 Å². The van der Waals surface area contributed by atoms with Gasteiger partial charge in [0, 0.05) is 41.5 Å². The van der Waals surface area contributed by atoms with Crippen LogP contribution < -0.4 is 9.62 Å². The molecule has 1 aliphatic heterocycles. The highest BCUT2D eigenvalue weighted by Gasteiger charge is 2.35. The minimum absolute atomic E-state index is 0.0705. The van der Waals surface area contributed by atoms with Gasteiger partial charge in [0.15, 0.2) is 0 Å². The molecule has 3 aromatic rings. The van der Waals surface area contributed by atoms with Crippen LogP contribution in [-0.2, 0) is 26.2 Å². The Bertz CT molecular complexity index is 1460. The predicted molar refractivity (Wildman–Crippen MR) is 152 cm³/mol. The molecule has 7 nitrogen and oxygen atoms in total. The van der Waals surface area contributed by atoms with Crippen LogP contribution in [0.5, 0.6) is 0 Å². The van der Waals surface area contributed by atoms with E-state index in [0.717, 1.165) is 11.8 Å². The molecule has 1 N–H and O–H groups in total. The summed E-state index contributed by atoms with van der Waals surface area (Å²) < 4.78 is 27.9. The number of nitrogens with zero attached hydrogens (tertiary/aromatic N) is 2. The van der Waals surface area contributed by atoms with Crippen LogP contribution in [0.1, 0.15) is 45.1 Å². The van der Waals surface area contributed by atoms with Gasteiger partial charge in [-0.1, -0.05) is 67.4 Å². The third-order valence-electron chi connectivity index (χ3n) is 6.72. The van der Waals surface area contributed by atoms with Gasteiger partial charge in [0.1, 0.15) is 6.04 Å². The molecule has 202 valence electrons. The maximum absolute atomic E-state index is 13.6. The molecule has 2 amide bonds. The monoisotopic (exact) mass is 575 g/mol. The highest BCUT2D eigenvalue weighted by Crippen LogP contribution is 2.42. The van der Waals surface area contributed by atoms with Gasteiger partial charge in [0.25, 0.3) is 10.0 Å². The van der Waals surface area contributed by atoms with Crippen molar-refractivity contribution in [1.29, 1.82) is 0 Å². The lowest BCUT2D eigenvalue weighted by molar-refractivity contribution is -0.141. The fourth-order valence-corrected chi connectivity index (χ4v) is 7.05. The summed E-state index contributed by atoms with van der Waals surface area (Å²) in [6, 6.07) is 15.1. The van der Waals surface area contributed by atoms with Gasteiger partial charge in [-0.2, -0.15) is 0 Å². The summed E-state index contributed by atoms with van der Waals surface area (Å²) in [5.74, 6) is -0.473. The third-order valence-corrected chi connectivity index (χ3v) is 9.17. The fourth-order valence-electron chi connectivity index (χ4n) is 4.84. The van der Waals surface area contributed by atoms with E-state index in [9.17, 15) is 18.0 Å². The van der Waals surface area contributed by atoms with Crippen LogP contribution in [0.2, 0.25) is 10.0 Å². The highest BCUT2D eigenvalue weighted by molar-refractivity contribution is 7.93. The van der Waals surface area contributed by atoms with Crippen LogP contribution >= 0.6 is 23.2 Å². The van der Waals surface area contributed by atoms with Crippen molar-refractivity contribution < 1.29 is 18.0 Å². The third kappa shape index (κ3) is 5.63. The Balaban J connectivity index is 1.53. The number of nitrogens with one attached hydrogen (secondary N) is 1. The van der Waals surface area contributed by atoms with Crippen molar-refractivity contribution in [3.05, 3.63) is 70.2 Å². The molecule has 0 aliphatic carbocycles. The first-order valence-corrected chi connectivity index (χ1v) is 14.9. The molecular formula is C28H31Cl2N3O4S. The van der Waals surface area contributed by atoms with E-state index < -0.39 is 16.1 Å². The van der Waals surface area contributed by atoms with Gasteiger partial charge < -0.3 is 10.2 Å². The zero-order chi connectivity index (χ0) is 27.4. The maximum Gasteiger partial charge on any atom is 0.265 e. The van der Waals surface area contributed by atoms with Crippen LogP contribution in [0.4, 0.5) is 5.69 Å². The van der Waals surface area contributed by atoms with Crippen molar-refractivity contribution in [3.8, 4) is 0 Å². The molecule has 3 aromatic carbocycles. The first-order valence-electron chi connectivity index (χ1n) is 12.7. The first kappa shape index (κ1) is 28.2. The predicted octanol–water partition coefficient (Wildman–Crippen LogP) is 5.77. The Hall–Kier alpha value is -2.81. The van der Waals surface area contributed by atoms with E-state index in [-0.39, 0.29) is 36.2 Å². The van der Waals surface area contributed by atoms with E-state index in [1.54, 1.807) is 36.4 Å². The normalized spacial score (nSPS) is 14.5. The van der Waals surface area contributed by atoms with Gasteiger partial charge in [-0.3, -0.25) is 13.9 Å². The number of benzene rings is 3. The minimum Gasteiger partial charge on any atom is -0.354 e. The molecule has 10 heteroatoms. The number of carbonyl (C=O) groups excluding carboxylic acids is 2. The molecule has 0 fully saturated rings. The Kier molecular flexibility index (Phi) is 8.85.